The van der Waals surface area contributed by atoms with Crippen LogP contribution in [-0.4, -0.2) is 68.8 Å². The molecule has 0 saturated carbocycles. The molecule has 1 aliphatic rings. The van der Waals surface area contributed by atoms with Crippen LogP contribution in [0.5, 0.6) is 5.75 Å². The average molecular weight is 630 g/mol. The highest BCUT2D eigenvalue weighted by Crippen LogP contribution is 2.38. The van der Waals surface area contributed by atoms with Gasteiger partial charge in [-0.25, -0.2) is 27.2 Å². The summed E-state index contributed by atoms with van der Waals surface area (Å²) in [7, 11) is 0. The second kappa shape index (κ2) is 14.4. The van der Waals surface area contributed by atoms with Crippen LogP contribution >= 0.6 is 11.8 Å². The second-order valence-corrected chi connectivity index (χ2v) is 11.4. The van der Waals surface area contributed by atoms with Crippen LogP contribution in [0.4, 0.5) is 26.3 Å². The third kappa shape index (κ3) is 8.85. The molecule has 1 saturated heterocycles. The topological polar surface area (TPSA) is 78.6 Å². The first-order valence-electron chi connectivity index (χ1n) is 13.1. The van der Waals surface area contributed by atoms with Crippen LogP contribution in [0.25, 0.3) is 6.08 Å². The Labute approximate surface area is 248 Å². The normalized spacial score (nSPS) is 20.1. The van der Waals surface area contributed by atoms with Crippen molar-refractivity contribution >= 4 is 17.8 Å². The van der Waals surface area contributed by atoms with E-state index in [-0.39, 0.29) is 36.3 Å². The number of benzene rings is 2. The number of nitrogens with zero attached hydrogens (tertiary/aromatic N) is 3. The molecule has 2 heterocycles. The van der Waals surface area contributed by atoms with Crippen LogP contribution in [0, 0.1) is 11.6 Å². The molecule has 232 valence electrons. The molecular weight excluding hydrogens is 600 g/mol. The van der Waals surface area contributed by atoms with Gasteiger partial charge in [0.1, 0.15) is 35.6 Å². The Hall–Kier alpha value is -3.33. The molecule has 0 bridgehead atoms. The fourth-order valence-corrected chi connectivity index (χ4v) is 5.48. The Morgan fingerprint density at radius 2 is 1.84 bits per heavy atom. The quantitative estimate of drug-likeness (QED) is 0.188. The lowest BCUT2D eigenvalue weighted by Crippen LogP contribution is -2.43. The smallest absolute Gasteiger partial charge is 0.340 e. The Morgan fingerprint density at radius 3 is 2.47 bits per heavy atom. The Morgan fingerprint density at radius 1 is 1.12 bits per heavy atom. The van der Waals surface area contributed by atoms with Crippen molar-refractivity contribution in [2.24, 2.45) is 0 Å². The van der Waals surface area contributed by atoms with Crippen LogP contribution in [0.2, 0.25) is 0 Å². The zero-order valence-electron chi connectivity index (χ0n) is 22.8. The van der Waals surface area contributed by atoms with E-state index in [1.54, 1.807) is 43.4 Å². The number of allylic oxidation sites excluding steroid dienone is 2. The van der Waals surface area contributed by atoms with Crippen molar-refractivity contribution in [1.29, 1.82) is 0 Å². The van der Waals surface area contributed by atoms with Crippen LogP contribution in [0.3, 0.4) is 0 Å². The van der Waals surface area contributed by atoms with Gasteiger partial charge in [0.05, 0.1) is 25.0 Å². The van der Waals surface area contributed by atoms with Crippen molar-refractivity contribution in [3.8, 4) is 5.75 Å². The van der Waals surface area contributed by atoms with Crippen LogP contribution in [-0.2, 0) is 21.6 Å². The molecule has 0 unspecified atom stereocenters. The minimum absolute atomic E-state index is 0.0402. The van der Waals surface area contributed by atoms with E-state index in [0.29, 0.717) is 5.56 Å². The largest absolute Gasteiger partial charge is 0.487 e. The summed E-state index contributed by atoms with van der Waals surface area (Å²) in [6.07, 6.45) is 5.07. The fraction of sp³-hybridized carbons (Fsp3) is 0.379. The van der Waals surface area contributed by atoms with Crippen LogP contribution < -0.4 is 4.74 Å². The SMILES string of the molecule is C[C@@H](S[C@H]1CO[C@H](/C=C/C=C/c2ccc(OCC(F)(F)C(F)F)cc2)OC1)[C@](O)(Cn1cncn1)c1ccc(F)cc1F. The number of aromatic nitrogens is 3. The van der Waals surface area contributed by atoms with Crippen molar-refractivity contribution in [1.82, 2.24) is 14.8 Å². The Kier molecular flexibility index (Phi) is 10.9. The van der Waals surface area contributed by atoms with E-state index in [1.807, 2.05) is 0 Å². The van der Waals surface area contributed by atoms with Gasteiger partial charge < -0.3 is 19.3 Å². The third-order valence-corrected chi connectivity index (χ3v) is 7.98. The lowest BCUT2D eigenvalue weighted by atomic mass is 9.90. The number of aliphatic hydroxyl groups is 1. The highest BCUT2D eigenvalue weighted by atomic mass is 32.2. The molecular formula is C29H29F6N3O4S. The van der Waals surface area contributed by atoms with Crippen molar-refractivity contribution < 1.29 is 45.7 Å². The summed E-state index contributed by atoms with van der Waals surface area (Å²) in [5.74, 6) is -5.81. The van der Waals surface area contributed by atoms with Gasteiger partial charge in [0.2, 0.25) is 0 Å². The van der Waals surface area contributed by atoms with Gasteiger partial charge in [-0.15, -0.1) is 11.8 Å². The van der Waals surface area contributed by atoms with E-state index in [9.17, 15) is 31.4 Å². The Balaban J connectivity index is 1.28. The van der Waals surface area contributed by atoms with Crippen LogP contribution in [0.1, 0.15) is 18.1 Å². The number of hydrogen-bond donors (Lipinski definition) is 1. The van der Waals surface area contributed by atoms with E-state index in [1.165, 1.54) is 47.3 Å². The molecule has 1 aliphatic heterocycles. The van der Waals surface area contributed by atoms with Gasteiger partial charge in [0.25, 0.3) is 0 Å². The van der Waals surface area contributed by atoms with Gasteiger partial charge in [-0.3, -0.25) is 0 Å². The number of alkyl halides is 4. The highest BCUT2D eigenvalue weighted by molar-refractivity contribution is 8.00. The summed E-state index contributed by atoms with van der Waals surface area (Å²) in [6, 6.07) is 9.00. The fourth-order valence-electron chi connectivity index (χ4n) is 4.17. The lowest BCUT2D eigenvalue weighted by molar-refractivity contribution is -0.148. The molecule has 3 aromatic rings. The zero-order chi connectivity index (χ0) is 31.0. The summed E-state index contributed by atoms with van der Waals surface area (Å²) in [5, 5.41) is 14.9. The number of rotatable bonds is 13. The van der Waals surface area contributed by atoms with Crippen molar-refractivity contribution in [2.75, 3.05) is 19.8 Å². The van der Waals surface area contributed by atoms with Gasteiger partial charge in [-0.05, 0) is 29.8 Å². The molecule has 7 nitrogen and oxygen atoms in total. The second-order valence-electron chi connectivity index (χ2n) is 9.74. The summed E-state index contributed by atoms with van der Waals surface area (Å²) < 4.78 is 96.5. The minimum Gasteiger partial charge on any atom is -0.487 e. The molecule has 14 heteroatoms. The standard InChI is InChI=1S/C29H29F6N3O4S/c1-19(28(39,15-38-18-36-17-37-38)24-11-8-21(30)12-25(24)31)43-23-13-40-26(41-14-23)5-3-2-4-20-6-9-22(10-7-20)42-16-29(34,35)27(32)33/h2-12,17-19,23,26-27,39H,13-16H2,1H3/b4-2+,5-3+/t19-,23-,26-,28-/m1/s1. The van der Waals surface area contributed by atoms with Crippen molar-refractivity contribution in [3.05, 3.63) is 96.1 Å². The van der Waals surface area contributed by atoms with E-state index in [2.05, 4.69) is 10.1 Å². The van der Waals surface area contributed by atoms with Gasteiger partial charge in [0.15, 0.2) is 12.9 Å². The molecule has 43 heavy (non-hydrogen) atoms. The van der Waals surface area contributed by atoms with E-state index in [0.717, 1.165) is 12.1 Å². The maximum Gasteiger partial charge on any atom is 0.340 e. The predicted octanol–water partition coefficient (Wildman–Crippen LogP) is 5.86. The monoisotopic (exact) mass is 629 g/mol. The first-order chi connectivity index (χ1) is 20.5. The first kappa shape index (κ1) is 32.6. The average Bonchev–Trinajstić information content (AvgIpc) is 3.48. The van der Waals surface area contributed by atoms with Crippen molar-refractivity contribution in [3.63, 3.8) is 0 Å². The zero-order valence-corrected chi connectivity index (χ0v) is 23.6. The number of ether oxygens (including phenoxy) is 3. The third-order valence-electron chi connectivity index (χ3n) is 6.53. The maximum absolute atomic E-state index is 14.8. The van der Waals surface area contributed by atoms with E-state index in [4.69, 9.17) is 14.2 Å². The maximum atomic E-state index is 14.8. The lowest BCUT2D eigenvalue weighted by Gasteiger charge is -2.37. The number of halogens is 6. The van der Waals surface area contributed by atoms with Gasteiger partial charge in [-0.1, -0.05) is 43.4 Å². The van der Waals surface area contributed by atoms with Gasteiger partial charge in [0, 0.05) is 16.9 Å². The minimum atomic E-state index is -4.23. The summed E-state index contributed by atoms with van der Waals surface area (Å²) >= 11 is 1.34. The van der Waals surface area contributed by atoms with Crippen molar-refractivity contribution in [2.45, 2.75) is 48.2 Å². The first-order valence-corrected chi connectivity index (χ1v) is 14.0. The van der Waals surface area contributed by atoms with Gasteiger partial charge >= 0.3 is 12.3 Å². The molecule has 0 spiro atoms. The van der Waals surface area contributed by atoms with E-state index < -0.39 is 47.7 Å². The summed E-state index contributed by atoms with van der Waals surface area (Å²) in [4.78, 5) is 3.87. The number of hydrogen-bond acceptors (Lipinski definition) is 7. The van der Waals surface area contributed by atoms with Crippen LogP contribution in [0.15, 0.2) is 73.3 Å². The molecule has 2 aromatic carbocycles. The summed E-state index contributed by atoms with van der Waals surface area (Å²) in [5.41, 5.74) is -1.10. The van der Waals surface area contributed by atoms with E-state index >= 15 is 0 Å². The molecule has 4 rings (SSSR count). The molecule has 0 radical (unpaired) electrons. The highest BCUT2D eigenvalue weighted by Gasteiger charge is 2.42. The van der Waals surface area contributed by atoms with Gasteiger partial charge in [-0.2, -0.15) is 13.9 Å². The molecule has 0 amide bonds. The molecule has 1 fully saturated rings. The molecule has 0 aliphatic carbocycles. The molecule has 1 N–H and O–H groups in total. The number of thioether (sulfide) groups is 1. The molecule has 1 aromatic heterocycles. The summed E-state index contributed by atoms with van der Waals surface area (Å²) in [6.45, 7) is 0.772. The Bertz CT molecular complexity index is 1370. The predicted molar refractivity (Wildman–Crippen MR) is 148 cm³/mol. The molecule has 2 atom stereocenters.